The van der Waals surface area contributed by atoms with Gasteiger partial charge in [-0.1, -0.05) is 22.0 Å². The van der Waals surface area contributed by atoms with Crippen molar-refractivity contribution in [3.05, 3.63) is 28.2 Å². The molecule has 0 aliphatic carbocycles. The predicted molar refractivity (Wildman–Crippen MR) is 92.2 cm³/mol. The Morgan fingerprint density at radius 2 is 1.95 bits per heavy atom. The van der Waals surface area contributed by atoms with E-state index in [2.05, 4.69) is 15.9 Å². The van der Waals surface area contributed by atoms with Crippen LogP contribution in [0.15, 0.2) is 22.7 Å². The molecule has 0 radical (unpaired) electrons. The lowest BCUT2D eigenvalue weighted by Crippen LogP contribution is -2.36. The average Bonchev–Trinajstić information content (AvgIpc) is 2.35. The molecule has 0 aliphatic heterocycles. The minimum Gasteiger partial charge on any atom is -0.491 e. The Labute approximate surface area is 141 Å². The molecule has 0 heterocycles. The molecule has 124 valence electrons. The molecule has 1 aromatic carbocycles. The van der Waals surface area contributed by atoms with E-state index in [0.717, 1.165) is 15.8 Å². The van der Waals surface area contributed by atoms with Crippen LogP contribution in [0.4, 0.5) is 4.79 Å². The van der Waals surface area contributed by atoms with Crippen LogP contribution in [-0.2, 0) is 11.3 Å². The van der Waals surface area contributed by atoms with Crippen molar-refractivity contribution < 1.29 is 14.3 Å². The highest BCUT2D eigenvalue weighted by molar-refractivity contribution is 9.10. The molecule has 5 heteroatoms. The zero-order valence-corrected chi connectivity index (χ0v) is 15.9. The fourth-order valence-electron chi connectivity index (χ4n) is 1.88. The maximum Gasteiger partial charge on any atom is 0.410 e. The van der Waals surface area contributed by atoms with Gasteiger partial charge in [0.2, 0.25) is 0 Å². The first-order valence-corrected chi connectivity index (χ1v) is 8.35. The van der Waals surface area contributed by atoms with E-state index >= 15 is 0 Å². The van der Waals surface area contributed by atoms with Crippen molar-refractivity contribution >= 4 is 22.0 Å². The Morgan fingerprint density at radius 1 is 1.32 bits per heavy atom. The second-order valence-corrected chi connectivity index (χ2v) is 7.23. The number of amides is 1. The van der Waals surface area contributed by atoms with E-state index in [1.54, 1.807) is 4.90 Å². The summed E-state index contributed by atoms with van der Waals surface area (Å²) in [5, 5.41) is 0. The quantitative estimate of drug-likeness (QED) is 0.731. The Hall–Kier alpha value is -1.23. The van der Waals surface area contributed by atoms with E-state index < -0.39 is 5.60 Å². The zero-order chi connectivity index (χ0) is 16.9. The van der Waals surface area contributed by atoms with Gasteiger partial charge >= 0.3 is 6.09 Å². The van der Waals surface area contributed by atoms with Crippen molar-refractivity contribution in [2.24, 2.45) is 0 Å². The highest BCUT2D eigenvalue weighted by Gasteiger charge is 2.23. The molecule has 0 saturated heterocycles. The number of rotatable bonds is 5. The largest absolute Gasteiger partial charge is 0.491 e. The Morgan fingerprint density at radius 3 is 2.45 bits per heavy atom. The van der Waals surface area contributed by atoms with Gasteiger partial charge in [-0.25, -0.2) is 4.79 Å². The second-order valence-electron chi connectivity index (χ2n) is 6.38. The van der Waals surface area contributed by atoms with Gasteiger partial charge in [0.15, 0.2) is 0 Å². The number of ether oxygens (including phenoxy) is 2. The molecule has 0 aromatic heterocycles. The topological polar surface area (TPSA) is 38.8 Å². The first-order valence-electron chi connectivity index (χ1n) is 7.56. The molecule has 22 heavy (non-hydrogen) atoms. The van der Waals surface area contributed by atoms with Gasteiger partial charge in [0, 0.05) is 16.6 Å². The molecule has 0 atom stereocenters. The fraction of sp³-hybridized carbons (Fsp3) is 0.588. The van der Waals surface area contributed by atoms with Crippen LogP contribution in [0.3, 0.4) is 0 Å². The number of carbonyl (C=O) groups excluding carboxylic acids is 1. The maximum absolute atomic E-state index is 12.3. The third-order valence-electron chi connectivity index (χ3n) is 2.82. The van der Waals surface area contributed by atoms with Gasteiger partial charge in [0.25, 0.3) is 0 Å². The number of halogens is 1. The normalized spacial score (nSPS) is 11.5. The van der Waals surface area contributed by atoms with Crippen LogP contribution < -0.4 is 4.74 Å². The molecule has 0 saturated carbocycles. The van der Waals surface area contributed by atoms with Gasteiger partial charge in [0.05, 0.1) is 12.6 Å². The van der Waals surface area contributed by atoms with Gasteiger partial charge in [-0.2, -0.15) is 0 Å². The molecule has 4 nitrogen and oxygen atoms in total. The highest BCUT2D eigenvalue weighted by Crippen LogP contribution is 2.29. The van der Waals surface area contributed by atoms with Crippen molar-refractivity contribution in [1.82, 2.24) is 4.90 Å². The summed E-state index contributed by atoms with van der Waals surface area (Å²) >= 11 is 3.55. The van der Waals surface area contributed by atoms with Crippen LogP contribution in [-0.4, -0.2) is 29.2 Å². The number of hydrogen-bond acceptors (Lipinski definition) is 3. The summed E-state index contributed by atoms with van der Waals surface area (Å²) in [4.78, 5) is 14.0. The third-order valence-corrected chi connectivity index (χ3v) is 3.56. The van der Waals surface area contributed by atoms with Crippen molar-refractivity contribution in [3.8, 4) is 5.75 Å². The van der Waals surface area contributed by atoms with E-state index in [1.807, 2.05) is 59.7 Å². The molecular formula is C17H26BrNO3. The fourth-order valence-corrected chi connectivity index (χ4v) is 2.35. The second kappa shape index (κ2) is 7.86. The molecule has 0 fully saturated rings. The van der Waals surface area contributed by atoms with E-state index in [9.17, 15) is 4.79 Å². The monoisotopic (exact) mass is 371 g/mol. The van der Waals surface area contributed by atoms with Crippen LogP contribution in [0, 0.1) is 0 Å². The lowest BCUT2D eigenvalue weighted by atomic mass is 10.2. The molecule has 1 amide bonds. The minimum atomic E-state index is -0.504. The summed E-state index contributed by atoms with van der Waals surface area (Å²) in [7, 11) is 0. The van der Waals surface area contributed by atoms with E-state index in [1.165, 1.54) is 0 Å². The predicted octanol–water partition coefficient (Wildman–Crippen LogP) is 4.99. The first kappa shape index (κ1) is 18.8. The molecular weight excluding hydrogens is 346 g/mol. The summed E-state index contributed by atoms with van der Waals surface area (Å²) in [6.07, 6.45) is -0.245. The lowest BCUT2D eigenvalue weighted by molar-refractivity contribution is 0.0242. The molecule has 0 bridgehead atoms. The average molecular weight is 372 g/mol. The maximum atomic E-state index is 12.3. The van der Waals surface area contributed by atoms with Crippen LogP contribution in [0.2, 0.25) is 0 Å². The third kappa shape index (κ3) is 5.87. The van der Waals surface area contributed by atoms with Crippen LogP contribution in [0.5, 0.6) is 5.75 Å². The van der Waals surface area contributed by atoms with Gasteiger partial charge in [-0.3, -0.25) is 0 Å². The summed E-state index contributed by atoms with van der Waals surface area (Å²) < 4.78 is 12.2. The summed E-state index contributed by atoms with van der Waals surface area (Å²) in [6.45, 7) is 12.5. The van der Waals surface area contributed by atoms with Crippen LogP contribution >= 0.6 is 15.9 Å². The van der Waals surface area contributed by atoms with Crippen molar-refractivity contribution in [1.29, 1.82) is 0 Å². The Balaban J connectivity index is 2.98. The molecule has 0 aliphatic rings. The van der Waals surface area contributed by atoms with Gasteiger partial charge < -0.3 is 14.4 Å². The summed E-state index contributed by atoms with van der Waals surface area (Å²) in [5.41, 5.74) is 0.444. The highest BCUT2D eigenvalue weighted by atomic mass is 79.9. The molecule has 1 aromatic rings. The number of nitrogens with zero attached hydrogens (tertiary/aromatic N) is 1. The standard InChI is InChI=1S/C17H26BrNO3/c1-7-19(16(20)22-17(4,5)6)11-13-14(18)9-8-10-15(13)21-12(2)3/h8-10,12H,7,11H2,1-6H3. The lowest BCUT2D eigenvalue weighted by Gasteiger charge is -2.27. The Bertz CT molecular complexity index is 509. The van der Waals surface area contributed by atoms with Gasteiger partial charge in [-0.05, 0) is 53.7 Å². The van der Waals surface area contributed by atoms with Crippen molar-refractivity contribution in [2.45, 2.75) is 59.8 Å². The molecule has 0 unspecified atom stereocenters. The van der Waals surface area contributed by atoms with Crippen LogP contribution in [0.25, 0.3) is 0 Å². The summed E-state index contributed by atoms with van der Waals surface area (Å²) in [6, 6.07) is 5.80. The molecule has 1 rings (SSSR count). The molecule has 0 spiro atoms. The Kier molecular flexibility index (Phi) is 6.72. The number of benzene rings is 1. The zero-order valence-electron chi connectivity index (χ0n) is 14.3. The number of hydrogen-bond donors (Lipinski definition) is 0. The van der Waals surface area contributed by atoms with E-state index in [4.69, 9.17) is 9.47 Å². The summed E-state index contributed by atoms with van der Waals surface area (Å²) in [5.74, 6) is 0.784. The van der Waals surface area contributed by atoms with E-state index in [0.29, 0.717) is 13.1 Å². The number of carbonyl (C=O) groups is 1. The SMILES string of the molecule is CCN(Cc1c(Br)cccc1OC(C)C)C(=O)OC(C)(C)C. The van der Waals surface area contributed by atoms with Gasteiger partial charge in [0.1, 0.15) is 11.4 Å². The van der Waals surface area contributed by atoms with Crippen molar-refractivity contribution in [3.63, 3.8) is 0 Å². The van der Waals surface area contributed by atoms with Crippen molar-refractivity contribution in [2.75, 3.05) is 6.54 Å². The first-order chi connectivity index (χ1) is 10.1. The molecule has 0 N–H and O–H groups in total. The smallest absolute Gasteiger partial charge is 0.410 e. The van der Waals surface area contributed by atoms with Gasteiger partial charge in [-0.15, -0.1) is 0 Å². The minimum absolute atomic E-state index is 0.0738. The van der Waals surface area contributed by atoms with E-state index in [-0.39, 0.29) is 12.2 Å². The van der Waals surface area contributed by atoms with Crippen LogP contribution in [0.1, 0.15) is 47.1 Å².